The van der Waals surface area contributed by atoms with E-state index >= 15 is 0 Å². The van der Waals surface area contributed by atoms with Crippen LogP contribution in [0.15, 0.2) is 0 Å². The fraction of sp³-hybridized carbons (Fsp3) is 0.800. The van der Waals surface area contributed by atoms with Crippen LogP contribution in [0.2, 0.25) is 0 Å². The number of rotatable bonds is 0. The Morgan fingerprint density at radius 1 is 1.83 bits per heavy atom. The largest absolute Gasteiger partial charge is 0.241 e. The van der Waals surface area contributed by atoms with E-state index in [4.69, 9.17) is 0 Å². The lowest BCUT2D eigenvalue weighted by atomic mass is 10.1. The lowest BCUT2D eigenvalue weighted by Gasteiger charge is -2.09. The van der Waals surface area contributed by atoms with E-state index < -0.39 is 0 Å². The summed E-state index contributed by atoms with van der Waals surface area (Å²) in [4.78, 5) is 0. The quantitative estimate of drug-likeness (QED) is 0.372. The summed E-state index contributed by atoms with van der Waals surface area (Å²) in [5, 5.41) is 0. The Hall–Kier alpha value is -0.330. The van der Waals surface area contributed by atoms with Crippen molar-refractivity contribution in [1.82, 2.24) is 0 Å². The van der Waals surface area contributed by atoms with Gasteiger partial charge in [0, 0.05) is 0 Å². The molecule has 6 heavy (non-hydrogen) atoms. The van der Waals surface area contributed by atoms with Crippen LogP contribution in [0.25, 0.3) is 0 Å². The second-order valence-corrected chi connectivity index (χ2v) is 2.07. The summed E-state index contributed by atoms with van der Waals surface area (Å²) in [5.41, 5.74) is 0. The topological polar surface area (TPSA) is 3.01 Å². The van der Waals surface area contributed by atoms with E-state index in [0.29, 0.717) is 0 Å². The molecule has 0 bridgehead atoms. The molecular formula is C5H10N+. The number of hydrogen-bond donors (Lipinski definition) is 0. The molecule has 0 aromatic rings. The Bertz CT molecular complexity index is 83.9. The SMILES string of the molecule is CC1C=[N+](C)C1. The third kappa shape index (κ3) is 0.445. The molecule has 0 amide bonds. The van der Waals surface area contributed by atoms with Crippen LogP contribution in [0.5, 0.6) is 0 Å². The third-order valence-electron chi connectivity index (χ3n) is 1.08. The van der Waals surface area contributed by atoms with E-state index in [1.165, 1.54) is 6.54 Å². The third-order valence-corrected chi connectivity index (χ3v) is 1.08. The summed E-state index contributed by atoms with van der Waals surface area (Å²) < 4.78 is 2.20. The van der Waals surface area contributed by atoms with Crippen molar-refractivity contribution in [3.05, 3.63) is 0 Å². The molecule has 1 heterocycles. The standard InChI is InChI=1S/C5H10N/c1-5-3-6(2)4-5/h3,5H,4H2,1-2H3/q+1. The summed E-state index contributed by atoms with van der Waals surface area (Å²) in [6.45, 7) is 3.47. The highest BCUT2D eigenvalue weighted by Crippen LogP contribution is 1.97. The summed E-state index contributed by atoms with van der Waals surface area (Å²) in [6.07, 6.45) is 2.22. The Balaban J connectivity index is 2.46. The maximum atomic E-state index is 2.22. The van der Waals surface area contributed by atoms with Gasteiger partial charge in [-0.15, -0.1) is 0 Å². The molecule has 0 radical (unpaired) electrons. The van der Waals surface area contributed by atoms with Gasteiger partial charge in [0.1, 0.15) is 13.3 Å². The zero-order valence-electron chi connectivity index (χ0n) is 4.31. The summed E-state index contributed by atoms with van der Waals surface area (Å²) in [5.74, 6) is 0.843. The second-order valence-electron chi connectivity index (χ2n) is 2.07. The molecule has 1 aliphatic heterocycles. The molecule has 34 valence electrons. The van der Waals surface area contributed by atoms with Gasteiger partial charge in [0.15, 0.2) is 6.54 Å². The zero-order chi connectivity index (χ0) is 4.57. The van der Waals surface area contributed by atoms with Crippen LogP contribution in [0.4, 0.5) is 0 Å². The van der Waals surface area contributed by atoms with E-state index in [-0.39, 0.29) is 0 Å². The van der Waals surface area contributed by atoms with Gasteiger partial charge in [0.2, 0.25) is 0 Å². The van der Waals surface area contributed by atoms with Crippen LogP contribution < -0.4 is 0 Å². The van der Waals surface area contributed by atoms with Crippen molar-refractivity contribution in [1.29, 1.82) is 0 Å². The van der Waals surface area contributed by atoms with E-state index in [1.54, 1.807) is 0 Å². The van der Waals surface area contributed by atoms with Crippen molar-refractivity contribution < 1.29 is 4.58 Å². The van der Waals surface area contributed by atoms with Gasteiger partial charge in [-0.25, -0.2) is 4.58 Å². The molecule has 0 saturated heterocycles. The summed E-state index contributed by atoms with van der Waals surface area (Å²) in [6, 6.07) is 0. The molecule has 0 spiro atoms. The average molecular weight is 84.1 g/mol. The Labute approximate surface area is 38.3 Å². The highest BCUT2D eigenvalue weighted by Gasteiger charge is 2.16. The molecule has 0 aromatic heterocycles. The van der Waals surface area contributed by atoms with Crippen molar-refractivity contribution in [2.45, 2.75) is 6.92 Å². The number of nitrogens with zero attached hydrogens (tertiary/aromatic N) is 1. The molecule has 1 unspecified atom stereocenters. The van der Waals surface area contributed by atoms with Gasteiger partial charge >= 0.3 is 0 Å². The van der Waals surface area contributed by atoms with Crippen molar-refractivity contribution in [3.63, 3.8) is 0 Å². The van der Waals surface area contributed by atoms with Gasteiger partial charge < -0.3 is 0 Å². The molecule has 0 saturated carbocycles. The Morgan fingerprint density at radius 3 is 2.33 bits per heavy atom. The van der Waals surface area contributed by atoms with Crippen molar-refractivity contribution in [2.75, 3.05) is 13.6 Å². The molecular weight excluding hydrogens is 74.1 g/mol. The minimum atomic E-state index is 0.843. The Morgan fingerprint density at radius 2 is 2.33 bits per heavy atom. The fourth-order valence-electron chi connectivity index (χ4n) is 0.859. The molecule has 0 fully saturated rings. The monoisotopic (exact) mass is 84.1 g/mol. The van der Waals surface area contributed by atoms with E-state index in [9.17, 15) is 0 Å². The molecule has 0 N–H and O–H groups in total. The van der Waals surface area contributed by atoms with Gasteiger partial charge in [-0.1, -0.05) is 0 Å². The Kier molecular flexibility index (Phi) is 0.685. The van der Waals surface area contributed by atoms with Gasteiger partial charge in [-0.05, 0) is 6.92 Å². The van der Waals surface area contributed by atoms with Crippen LogP contribution in [-0.4, -0.2) is 24.4 Å². The normalized spacial score (nSPS) is 31.7. The van der Waals surface area contributed by atoms with Crippen molar-refractivity contribution in [2.24, 2.45) is 5.92 Å². The smallest absolute Gasteiger partial charge is 0.154 e. The molecule has 0 aliphatic carbocycles. The van der Waals surface area contributed by atoms with Gasteiger partial charge in [-0.2, -0.15) is 0 Å². The fourth-order valence-corrected chi connectivity index (χ4v) is 0.859. The van der Waals surface area contributed by atoms with E-state index in [0.717, 1.165) is 5.92 Å². The maximum Gasteiger partial charge on any atom is 0.154 e. The predicted molar refractivity (Wildman–Crippen MR) is 26.3 cm³/mol. The first-order valence-corrected chi connectivity index (χ1v) is 2.34. The summed E-state index contributed by atoms with van der Waals surface area (Å²) in [7, 11) is 2.10. The molecule has 1 atom stereocenters. The van der Waals surface area contributed by atoms with Crippen LogP contribution in [0.3, 0.4) is 0 Å². The van der Waals surface area contributed by atoms with Crippen LogP contribution >= 0.6 is 0 Å². The highest BCUT2D eigenvalue weighted by atomic mass is 15.0. The molecule has 1 rings (SSSR count). The van der Waals surface area contributed by atoms with Crippen molar-refractivity contribution in [3.8, 4) is 0 Å². The average Bonchev–Trinajstić information content (AvgIpc) is 1.33. The van der Waals surface area contributed by atoms with Crippen LogP contribution in [0.1, 0.15) is 6.92 Å². The maximum absolute atomic E-state index is 2.22. The molecule has 1 heteroatoms. The second kappa shape index (κ2) is 1.07. The summed E-state index contributed by atoms with van der Waals surface area (Å²) >= 11 is 0. The van der Waals surface area contributed by atoms with Crippen molar-refractivity contribution >= 4 is 6.21 Å². The minimum absolute atomic E-state index is 0.843. The molecule has 1 aliphatic rings. The lowest BCUT2D eigenvalue weighted by Crippen LogP contribution is -2.29. The van der Waals surface area contributed by atoms with E-state index in [2.05, 4.69) is 24.8 Å². The van der Waals surface area contributed by atoms with Crippen LogP contribution in [-0.2, 0) is 0 Å². The number of hydrogen-bond acceptors (Lipinski definition) is 0. The zero-order valence-corrected chi connectivity index (χ0v) is 4.31. The lowest BCUT2D eigenvalue weighted by molar-refractivity contribution is -0.526. The molecule has 1 nitrogen and oxygen atoms in total. The first-order valence-electron chi connectivity index (χ1n) is 2.34. The highest BCUT2D eigenvalue weighted by molar-refractivity contribution is 5.57. The van der Waals surface area contributed by atoms with E-state index in [1.807, 2.05) is 0 Å². The predicted octanol–water partition coefficient (Wildman–Crippen LogP) is 0.349. The van der Waals surface area contributed by atoms with Crippen LogP contribution in [0, 0.1) is 5.92 Å². The van der Waals surface area contributed by atoms with Gasteiger partial charge in [0.25, 0.3) is 0 Å². The first-order chi connectivity index (χ1) is 2.79. The van der Waals surface area contributed by atoms with Gasteiger partial charge in [0.05, 0.1) is 5.92 Å². The van der Waals surface area contributed by atoms with Gasteiger partial charge in [-0.3, -0.25) is 0 Å². The molecule has 0 aromatic carbocycles. The minimum Gasteiger partial charge on any atom is -0.241 e. The first kappa shape index (κ1) is 3.85.